The molecular weight excluding hydrogens is 527 g/mol. The number of benzene rings is 2. The number of halogens is 2. The fraction of sp³-hybridized carbons (Fsp3) is 0.292. The predicted molar refractivity (Wildman–Crippen MR) is 142 cm³/mol. The number of hydrogen-bond acceptors (Lipinski definition) is 6. The molecule has 35 heavy (non-hydrogen) atoms. The lowest BCUT2D eigenvalue weighted by Crippen LogP contribution is -2.35. The second kappa shape index (κ2) is 10.3. The van der Waals surface area contributed by atoms with Gasteiger partial charge >= 0.3 is 0 Å². The first-order valence-electron chi connectivity index (χ1n) is 10.9. The Labute approximate surface area is 218 Å². The number of sulfone groups is 1. The number of nitrogens with zero attached hydrogens (tertiary/aromatic N) is 4. The minimum atomic E-state index is -3.65. The number of carbonyl (C=O) groups is 1. The standard InChI is InChI=1S/C24H24Cl2N4O3S2/c1-15-12-19(26)14-21-23(15)27-24(34-21)29(9-10-30-17(3)13-16(2)28-30)22(31)8-11-35(32,33)20-6-4-18(25)5-7-20/h4-7,12-14H,8-11H2,1-3H3. The molecule has 0 unspecified atom stereocenters. The first-order chi connectivity index (χ1) is 16.5. The summed E-state index contributed by atoms with van der Waals surface area (Å²) >= 11 is 13.4. The van der Waals surface area contributed by atoms with Crippen molar-refractivity contribution in [2.45, 2.75) is 38.6 Å². The lowest BCUT2D eigenvalue weighted by Gasteiger charge is -2.20. The molecule has 184 valence electrons. The summed E-state index contributed by atoms with van der Waals surface area (Å²) in [5, 5.41) is 6.02. The smallest absolute Gasteiger partial charge is 0.229 e. The van der Waals surface area contributed by atoms with E-state index in [2.05, 4.69) is 5.10 Å². The number of carbonyl (C=O) groups excluding carboxylic acids is 1. The Morgan fingerprint density at radius 1 is 1.06 bits per heavy atom. The first kappa shape index (κ1) is 25.6. The topological polar surface area (TPSA) is 85.2 Å². The summed E-state index contributed by atoms with van der Waals surface area (Å²) in [4.78, 5) is 19.7. The molecule has 2 aromatic carbocycles. The normalized spacial score (nSPS) is 11.8. The zero-order valence-electron chi connectivity index (χ0n) is 19.5. The number of hydrogen-bond donors (Lipinski definition) is 0. The number of fused-ring (bicyclic) bond motifs is 1. The van der Waals surface area contributed by atoms with Gasteiger partial charge in [-0.15, -0.1) is 0 Å². The molecular formula is C24H24Cl2N4O3S2. The molecule has 0 saturated carbocycles. The number of rotatable bonds is 8. The summed E-state index contributed by atoms with van der Waals surface area (Å²) in [5.74, 6) is -0.647. The van der Waals surface area contributed by atoms with Crippen LogP contribution in [0, 0.1) is 20.8 Å². The Morgan fingerprint density at radius 2 is 1.77 bits per heavy atom. The van der Waals surface area contributed by atoms with Crippen LogP contribution in [-0.4, -0.2) is 41.4 Å². The Bertz CT molecular complexity index is 1500. The summed E-state index contributed by atoms with van der Waals surface area (Å²) in [6, 6.07) is 11.5. The van der Waals surface area contributed by atoms with Gasteiger partial charge in [0, 0.05) is 28.7 Å². The van der Waals surface area contributed by atoms with Gasteiger partial charge in [0.15, 0.2) is 15.0 Å². The van der Waals surface area contributed by atoms with Gasteiger partial charge in [-0.25, -0.2) is 13.4 Å². The summed E-state index contributed by atoms with van der Waals surface area (Å²) in [6.45, 7) is 6.53. The lowest BCUT2D eigenvalue weighted by atomic mass is 10.2. The molecule has 0 spiro atoms. The van der Waals surface area contributed by atoms with Crippen LogP contribution in [0.15, 0.2) is 47.4 Å². The van der Waals surface area contributed by atoms with Gasteiger partial charge in [-0.1, -0.05) is 34.5 Å². The second-order valence-electron chi connectivity index (χ2n) is 8.28. The molecule has 0 saturated heterocycles. The highest BCUT2D eigenvalue weighted by atomic mass is 35.5. The van der Waals surface area contributed by atoms with Crippen LogP contribution in [0.2, 0.25) is 10.0 Å². The maximum atomic E-state index is 13.4. The highest BCUT2D eigenvalue weighted by molar-refractivity contribution is 7.91. The van der Waals surface area contributed by atoms with Crippen LogP contribution in [0.1, 0.15) is 23.4 Å². The Morgan fingerprint density at radius 3 is 2.43 bits per heavy atom. The van der Waals surface area contributed by atoms with E-state index in [0.29, 0.717) is 28.3 Å². The van der Waals surface area contributed by atoms with E-state index in [0.717, 1.165) is 27.2 Å². The molecule has 4 rings (SSSR count). The van der Waals surface area contributed by atoms with Crippen molar-refractivity contribution >= 4 is 65.6 Å². The van der Waals surface area contributed by atoms with Crippen LogP contribution in [0.25, 0.3) is 10.2 Å². The molecule has 0 aliphatic heterocycles. The van der Waals surface area contributed by atoms with Crippen molar-refractivity contribution in [2.75, 3.05) is 17.2 Å². The number of anilines is 1. The second-order valence-corrected chi connectivity index (χ2v) is 12.3. The molecule has 0 bridgehead atoms. The molecule has 0 aliphatic rings. The molecule has 4 aromatic rings. The minimum absolute atomic E-state index is 0.133. The van der Waals surface area contributed by atoms with Crippen LogP contribution >= 0.6 is 34.5 Å². The summed E-state index contributed by atoms with van der Waals surface area (Å²) in [7, 11) is -3.65. The number of aryl methyl sites for hydroxylation is 3. The van der Waals surface area contributed by atoms with Crippen molar-refractivity contribution in [1.82, 2.24) is 14.8 Å². The molecule has 0 aliphatic carbocycles. The van der Waals surface area contributed by atoms with Crippen LogP contribution in [0.5, 0.6) is 0 Å². The van der Waals surface area contributed by atoms with Crippen molar-refractivity contribution in [1.29, 1.82) is 0 Å². The lowest BCUT2D eigenvalue weighted by molar-refractivity contribution is -0.118. The first-order valence-corrected chi connectivity index (χ1v) is 14.1. The van der Waals surface area contributed by atoms with E-state index in [1.54, 1.807) is 4.90 Å². The van der Waals surface area contributed by atoms with Crippen molar-refractivity contribution in [3.05, 3.63) is 69.5 Å². The van der Waals surface area contributed by atoms with Crippen LogP contribution < -0.4 is 4.90 Å². The number of amides is 1. The number of aromatic nitrogens is 3. The molecule has 2 aromatic heterocycles. The molecule has 0 atom stereocenters. The van der Waals surface area contributed by atoms with Gasteiger partial charge < -0.3 is 0 Å². The molecule has 11 heteroatoms. The molecule has 0 radical (unpaired) electrons. The maximum Gasteiger partial charge on any atom is 0.229 e. The molecule has 2 heterocycles. The third kappa shape index (κ3) is 5.86. The van der Waals surface area contributed by atoms with Crippen molar-refractivity contribution < 1.29 is 13.2 Å². The third-order valence-electron chi connectivity index (χ3n) is 5.57. The van der Waals surface area contributed by atoms with Crippen LogP contribution in [-0.2, 0) is 21.2 Å². The number of thiazole rings is 1. The van der Waals surface area contributed by atoms with Gasteiger partial charge in [-0.3, -0.25) is 14.4 Å². The van der Waals surface area contributed by atoms with Crippen molar-refractivity contribution in [2.24, 2.45) is 0 Å². The van der Waals surface area contributed by atoms with E-state index in [-0.39, 0.29) is 23.0 Å². The van der Waals surface area contributed by atoms with Crippen molar-refractivity contribution in [3.8, 4) is 0 Å². The van der Waals surface area contributed by atoms with Gasteiger partial charge in [-0.05, 0) is 68.8 Å². The largest absolute Gasteiger partial charge is 0.286 e. The zero-order valence-corrected chi connectivity index (χ0v) is 22.6. The van der Waals surface area contributed by atoms with Crippen LogP contribution in [0.3, 0.4) is 0 Å². The quantitative estimate of drug-likeness (QED) is 0.284. The minimum Gasteiger partial charge on any atom is -0.286 e. The van der Waals surface area contributed by atoms with E-state index >= 15 is 0 Å². The van der Waals surface area contributed by atoms with E-state index in [9.17, 15) is 13.2 Å². The van der Waals surface area contributed by atoms with E-state index in [4.69, 9.17) is 28.2 Å². The van der Waals surface area contributed by atoms with Gasteiger partial charge in [-0.2, -0.15) is 5.10 Å². The average molecular weight is 552 g/mol. The van der Waals surface area contributed by atoms with E-state index < -0.39 is 9.84 Å². The fourth-order valence-corrected chi connectivity index (χ4v) is 6.62. The van der Waals surface area contributed by atoms with E-state index in [1.807, 2.05) is 43.7 Å². The third-order valence-corrected chi connectivity index (χ3v) is 8.79. The predicted octanol–water partition coefficient (Wildman–Crippen LogP) is 5.62. The summed E-state index contributed by atoms with van der Waals surface area (Å²) < 4.78 is 28.3. The molecule has 7 nitrogen and oxygen atoms in total. The van der Waals surface area contributed by atoms with Gasteiger partial charge in [0.25, 0.3) is 0 Å². The maximum absolute atomic E-state index is 13.4. The Hall–Kier alpha value is -2.46. The highest BCUT2D eigenvalue weighted by Gasteiger charge is 2.24. The monoisotopic (exact) mass is 550 g/mol. The Balaban J connectivity index is 1.60. The Kier molecular flexibility index (Phi) is 7.51. The molecule has 0 fully saturated rings. The zero-order chi connectivity index (χ0) is 25.3. The molecule has 1 amide bonds. The molecule has 0 N–H and O–H groups in total. The van der Waals surface area contributed by atoms with Gasteiger partial charge in [0.2, 0.25) is 5.91 Å². The fourth-order valence-electron chi connectivity index (χ4n) is 3.80. The highest BCUT2D eigenvalue weighted by Crippen LogP contribution is 2.33. The van der Waals surface area contributed by atoms with Gasteiger partial charge in [0.1, 0.15) is 0 Å². The summed E-state index contributed by atoms with van der Waals surface area (Å²) in [5.41, 5.74) is 3.55. The van der Waals surface area contributed by atoms with Crippen LogP contribution in [0.4, 0.5) is 5.13 Å². The van der Waals surface area contributed by atoms with Crippen molar-refractivity contribution in [3.63, 3.8) is 0 Å². The van der Waals surface area contributed by atoms with Gasteiger partial charge in [0.05, 0.1) is 33.1 Å². The SMILES string of the molecule is Cc1cc(C)n(CCN(C(=O)CCS(=O)(=O)c2ccc(Cl)cc2)c2nc3c(C)cc(Cl)cc3s2)n1. The average Bonchev–Trinajstić information content (AvgIpc) is 3.35. The van der Waals surface area contributed by atoms with E-state index in [1.165, 1.54) is 35.6 Å². The summed E-state index contributed by atoms with van der Waals surface area (Å²) in [6.07, 6.45) is -0.183.